The van der Waals surface area contributed by atoms with Gasteiger partial charge < -0.3 is 4.90 Å². The minimum Gasteiger partial charge on any atom is -0.335 e. The molecular formula is C17H19N5O. The van der Waals surface area contributed by atoms with Crippen LogP contribution in [0.1, 0.15) is 46.2 Å². The van der Waals surface area contributed by atoms with Crippen molar-refractivity contribution in [1.29, 1.82) is 5.26 Å². The van der Waals surface area contributed by atoms with E-state index in [1.54, 1.807) is 19.1 Å². The molecule has 0 unspecified atom stereocenters. The Bertz CT molecular complexity index is 774. The summed E-state index contributed by atoms with van der Waals surface area (Å²) in [5.41, 5.74) is 2.62. The number of carbonyl (C=O) groups is 1. The van der Waals surface area contributed by atoms with Crippen LogP contribution in [-0.2, 0) is 0 Å². The maximum absolute atomic E-state index is 12.7. The van der Waals surface area contributed by atoms with Crippen molar-refractivity contribution in [2.24, 2.45) is 0 Å². The lowest BCUT2D eigenvalue weighted by molar-refractivity contribution is 0.0667. The minimum absolute atomic E-state index is 0.0776. The lowest BCUT2D eigenvalue weighted by Crippen LogP contribution is -2.41. The number of piperidine rings is 1. The van der Waals surface area contributed by atoms with Gasteiger partial charge in [0.25, 0.3) is 5.91 Å². The average Bonchev–Trinajstić information content (AvgIpc) is 3.01. The van der Waals surface area contributed by atoms with Gasteiger partial charge in [0, 0.05) is 19.3 Å². The lowest BCUT2D eigenvalue weighted by atomic mass is 10.1. The molecule has 0 bridgehead atoms. The molecule has 0 spiro atoms. The summed E-state index contributed by atoms with van der Waals surface area (Å²) in [6.45, 7) is 5.14. The average molecular weight is 309 g/mol. The molecule has 1 aliphatic rings. The zero-order valence-corrected chi connectivity index (χ0v) is 13.4. The molecule has 23 heavy (non-hydrogen) atoms. The number of pyridine rings is 1. The number of hydrogen-bond donors (Lipinski definition) is 0. The predicted molar refractivity (Wildman–Crippen MR) is 84.8 cm³/mol. The van der Waals surface area contributed by atoms with E-state index in [-0.39, 0.29) is 11.9 Å². The summed E-state index contributed by atoms with van der Waals surface area (Å²) in [6.07, 6.45) is 5.82. The van der Waals surface area contributed by atoms with Crippen LogP contribution in [0, 0.1) is 25.2 Å². The highest BCUT2D eigenvalue weighted by molar-refractivity contribution is 5.92. The fourth-order valence-corrected chi connectivity index (χ4v) is 2.95. The molecule has 1 atom stereocenters. The molecule has 6 nitrogen and oxygen atoms in total. The van der Waals surface area contributed by atoms with E-state index < -0.39 is 0 Å². The van der Waals surface area contributed by atoms with Crippen molar-refractivity contribution in [3.8, 4) is 6.07 Å². The Hall–Kier alpha value is -2.68. The molecule has 0 aliphatic carbocycles. The van der Waals surface area contributed by atoms with E-state index in [9.17, 15) is 4.79 Å². The lowest BCUT2D eigenvalue weighted by Gasteiger charge is -2.32. The van der Waals surface area contributed by atoms with Gasteiger partial charge in [-0.2, -0.15) is 10.4 Å². The van der Waals surface area contributed by atoms with Crippen LogP contribution < -0.4 is 0 Å². The highest BCUT2D eigenvalue weighted by Crippen LogP contribution is 2.22. The second-order valence-corrected chi connectivity index (χ2v) is 5.99. The second-order valence-electron chi connectivity index (χ2n) is 5.99. The Morgan fingerprint density at radius 3 is 2.87 bits per heavy atom. The number of rotatable bonds is 2. The van der Waals surface area contributed by atoms with Gasteiger partial charge in [0.2, 0.25) is 0 Å². The molecule has 3 heterocycles. The summed E-state index contributed by atoms with van der Waals surface area (Å²) in [6, 6.07) is 5.58. The molecule has 0 saturated carbocycles. The summed E-state index contributed by atoms with van der Waals surface area (Å²) in [5, 5.41) is 13.3. The summed E-state index contributed by atoms with van der Waals surface area (Å²) >= 11 is 0. The van der Waals surface area contributed by atoms with E-state index >= 15 is 0 Å². The molecule has 2 aromatic heterocycles. The highest BCUT2D eigenvalue weighted by atomic mass is 16.2. The quantitative estimate of drug-likeness (QED) is 0.852. The third kappa shape index (κ3) is 3.09. The van der Waals surface area contributed by atoms with Gasteiger partial charge in [0.15, 0.2) is 0 Å². The van der Waals surface area contributed by atoms with Gasteiger partial charge in [-0.05, 0) is 44.4 Å². The Kier molecular flexibility index (Phi) is 4.11. The molecule has 1 fully saturated rings. The van der Waals surface area contributed by atoms with Crippen molar-refractivity contribution in [3.63, 3.8) is 0 Å². The molecule has 1 aliphatic heterocycles. The number of hydrogen-bond acceptors (Lipinski definition) is 4. The molecular weight excluding hydrogens is 290 g/mol. The highest BCUT2D eigenvalue weighted by Gasteiger charge is 2.26. The molecule has 3 rings (SSSR count). The van der Waals surface area contributed by atoms with Gasteiger partial charge in [0.1, 0.15) is 11.8 Å². The van der Waals surface area contributed by atoms with Crippen molar-refractivity contribution < 1.29 is 4.79 Å². The van der Waals surface area contributed by atoms with E-state index in [1.807, 2.05) is 28.9 Å². The van der Waals surface area contributed by atoms with Crippen LogP contribution in [0.5, 0.6) is 0 Å². The SMILES string of the molecule is Cc1cnn([C@@H]2CCCN(C(=O)c3ccc(C#N)c(C)n3)C2)c1. The molecule has 2 aromatic rings. The number of nitrogens with zero attached hydrogens (tertiary/aromatic N) is 5. The first-order chi connectivity index (χ1) is 11.1. The van der Waals surface area contributed by atoms with Gasteiger partial charge in [0.05, 0.1) is 23.5 Å². The largest absolute Gasteiger partial charge is 0.335 e. The predicted octanol–water partition coefficient (Wildman–Crippen LogP) is 2.24. The van der Waals surface area contributed by atoms with Crippen LogP contribution in [-0.4, -0.2) is 38.7 Å². The zero-order chi connectivity index (χ0) is 16.4. The van der Waals surface area contributed by atoms with E-state index in [2.05, 4.69) is 16.2 Å². The molecule has 0 N–H and O–H groups in total. The number of nitriles is 1. The first kappa shape index (κ1) is 15.2. The topological polar surface area (TPSA) is 74.8 Å². The van der Waals surface area contributed by atoms with Crippen LogP contribution >= 0.6 is 0 Å². The van der Waals surface area contributed by atoms with Crippen LogP contribution in [0.4, 0.5) is 0 Å². The van der Waals surface area contributed by atoms with Gasteiger partial charge in [-0.25, -0.2) is 4.98 Å². The number of carbonyl (C=O) groups excluding carboxylic acids is 1. The van der Waals surface area contributed by atoms with Crippen molar-refractivity contribution in [3.05, 3.63) is 47.0 Å². The summed E-state index contributed by atoms with van der Waals surface area (Å²) < 4.78 is 1.95. The van der Waals surface area contributed by atoms with Gasteiger partial charge in [-0.1, -0.05) is 0 Å². The molecule has 0 radical (unpaired) electrons. The molecule has 1 saturated heterocycles. The summed E-state index contributed by atoms with van der Waals surface area (Å²) in [5.74, 6) is -0.0776. The minimum atomic E-state index is -0.0776. The van der Waals surface area contributed by atoms with E-state index in [4.69, 9.17) is 5.26 Å². The number of aromatic nitrogens is 3. The fraction of sp³-hybridized carbons (Fsp3) is 0.412. The van der Waals surface area contributed by atoms with E-state index in [1.165, 1.54) is 0 Å². The van der Waals surface area contributed by atoms with Gasteiger partial charge in [-0.15, -0.1) is 0 Å². The first-order valence-corrected chi connectivity index (χ1v) is 7.76. The Morgan fingerprint density at radius 1 is 1.39 bits per heavy atom. The fourth-order valence-electron chi connectivity index (χ4n) is 2.95. The molecule has 118 valence electrons. The van der Waals surface area contributed by atoms with Crippen LogP contribution in [0.2, 0.25) is 0 Å². The Balaban J connectivity index is 1.77. The van der Waals surface area contributed by atoms with E-state index in [0.717, 1.165) is 24.9 Å². The van der Waals surface area contributed by atoms with E-state index in [0.29, 0.717) is 23.5 Å². The first-order valence-electron chi connectivity index (χ1n) is 7.76. The maximum Gasteiger partial charge on any atom is 0.272 e. The van der Waals surface area contributed by atoms with Crippen molar-refractivity contribution >= 4 is 5.91 Å². The number of likely N-dealkylation sites (tertiary alicyclic amines) is 1. The normalized spacial score (nSPS) is 17.8. The standard InChI is InChI=1S/C17H19N5O/c1-12-9-19-22(10-12)15-4-3-7-21(11-15)17(23)16-6-5-14(8-18)13(2)20-16/h5-6,9-10,15H,3-4,7,11H2,1-2H3/t15-/m1/s1. The summed E-state index contributed by atoms with van der Waals surface area (Å²) in [4.78, 5) is 18.8. The van der Waals surface area contributed by atoms with Crippen molar-refractivity contribution in [2.75, 3.05) is 13.1 Å². The van der Waals surface area contributed by atoms with Crippen molar-refractivity contribution in [1.82, 2.24) is 19.7 Å². The maximum atomic E-state index is 12.7. The number of amides is 1. The monoisotopic (exact) mass is 309 g/mol. The third-order valence-corrected chi connectivity index (χ3v) is 4.21. The molecule has 1 amide bonds. The van der Waals surface area contributed by atoms with Crippen LogP contribution in [0.25, 0.3) is 0 Å². The van der Waals surface area contributed by atoms with Gasteiger partial charge in [-0.3, -0.25) is 9.48 Å². The Labute approximate surface area is 135 Å². The molecule has 0 aromatic carbocycles. The smallest absolute Gasteiger partial charge is 0.272 e. The van der Waals surface area contributed by atoms with Crippen LogP contribution in [0.15, 0.2) is 24.5 Å². The third-order valence-electron chi connectivity index (χ3n) is 4.21. The zero-order valence-electron chi connectivity index (χ0n) is 13.4. The van der Waals surface area contributed by atoms with Crippen molar-refractivity contribution in [2.45, 2.75) is 32.7 Å². The second kappa shape index (κ2) is 6.21. The van der Waals surface area contributed by atoms with Gasteiger partial charge >= 0.3 is 0 Å². The summed E-state index contributed by atoms with van der Waals surface area (Å²) in [7, 11) is 0. The van der Waals surface area contributed by atoms with Crippen LogP contribution in [0.3, 0.4) is 0 Å². The molecule has 6 heteroatoms. The number of aryl methyl sites for hydroxylation is 2. The Morgan fingerprint density at radius 2 is 2.22 bits per heavy atom.